The molecule has 0 amide bonds. The molecule has 0 saturated heterocycles. The normalized spacial score (nSPS) is 12.8. The van der Waals surface area contributed by atoms with Crippen LogP contribution >= 0.6 is 0 Å². The average Bonchev–Trinajstić information content (AvgIpc) is 2.85. The Kier molecular flexibility index (Phi) is 6.75. The van der Waals surface area contributed by atoms with Gasteiger partial charge in [0.15, 0.2) is 11.5 Å². The standard InChI is InChI=1S/C27H27NO4/c1-29-25-15-20(16-26(30-2)27(25)31-3)9-12-24-23-11-10-22(17-21(23)13-14-28-24)32-18-19-7-5-4-6-8-19/h4-12,15-17H,13-14,18H2,1-3H3/b12-9+. The summed E-state index contributed by atoms with van der Waals surface area (Å²) >= 11 is 0. The third-order valence-electron chi connectivity index (χ3n) is 5.38. The lowest BCUT2D eigenvalue weighted by atomic mass is 9.96. The van der Waals surface area contributed by atoms with Gasteiger partial charge in [-0.25, -0.2) is 0 Å². The molecule has 0 spiro atoms. The van der Waals surface area contributed by atoms with E-state index in [9.17, 15) is 0 Å². The second-order valence-electron chi connectivity index (χ2n) is 7.40. The Balaban J connectivity index is 1.53. The number of methoxy groups -OCH3 is 3. The van der Waals surface area contributed by atoms with Crippen molar-refractivity contribution in [3.8, 4) is 23.0 Å². The topological polar surface area (TPSA) is 49.3 Å². The molecule has 3 aromatic rings. The summed E-state index contributed by atoms with van der Waals surface area (Å²) in [5, 5.41) is 0. The van der Waals surface area contributed by atoms with E-state index in [1.165, 1.54) is 5.56 Å². The lowest BCUT2D eigenvalue weighted by Crippen LogP contribution is -2.11. The van der Waals surface area contributed by atoms with Gasteiger partial charge in [0.25, 0.3) is 0 Å². The fourth-order valence-corrected chi connectivity index (χ4v) is 3.75. The predicted octanol–water partition coefficient (Wildman–Crippen LogP) is 5.35. The maximum absolute atomic E-state index is 6.00. The monoisotopic (exact) mass is 429 g/mol. The van der Waals surface area contributed by atoms with Crippen molar-refractivity contribution < 1.29 is 18.9 Å². The molecule has 0 radical (unpaired) electrons. The number of allylic oxidation sites excluding steroid dienone is 1. The van der Waals surface area contributed by atoms with Crippen molar-refractivity contribution in [2.45, 2.75) is 13.0 Å². The highest BCUT2D eigenvalue weighted by Crippen LogP contribution is 2.38. The van der Waals surface area contributed by atoms with Crippen LogP contribution in [0, 0.1) is 0 Å². The van der Waals surface area contributed by atoms with Crippen LogP contribution in [0.4, 0.5) is 0 Å². The zero-order valence-corrected chi connectivity index (χ0v) is 18.6. The van der Waals surface area contributed by atoms with Crippen LogP contribution in [0.3, 0.4) is 0 Å². The minimum absolute atomic E-state index is 0.557. The highest BCUT2D eigenvalue weighted by atomic mass is 16.5. The molecule has 164 valence electrons. The Morgan fingerprint density at radius 2 is 1.59 bits per heavy atom. The summed E-state index contributed by atoms with van der Waals surface area (Å²) in [7, 11) is 4.83. The number of nitrogens with zero attached hydrogens (tertiary/aromatic N) is 1. The third-order valence-corrected chi connectivity index (χ3v) is 5.38. The summed E-state index contributed by atoms with van der Waals surface area (Å²) < 4.78 is 22.3. The molecule has 32 heavy (non-hydrogen) atoms. The summed E-state index contributed by atoms with van der Waals surface area (Å²) in [5.41, 5.74) is 5.43. The van der Waals surface area contributed by atoms with E-state index >= 15 is 0 Å². The molecule has 1 aliphatic rings. The molecule has 0 bridgehead atoms. The fourth-order valence-electron chi connectivity index (χ4n) is 3.75. The van der Waals surface area contributed by atoms with E-state index in [4.69, 9.17) is 23.9 Å². The zero-order chi connectivity index (χ0) is 22.3. The quantitative estimate of drug-likeness (QED) is 0.484. The van der Waals surface area contributed by atoms with Crippen molar-refractivity contribution in [2.75, 3.05) is 27.9 Å². The molecule has 5 nitrogen and oxygen atoms in total. The third kappa shape index (κ3) is 4.78. The van der Waals surface area contributed by atoms with Gasteiger partial charge in [-0.1, -0.05) is 36.4 Å². The molecule has 4 rings (SSSR count). The highest BCUT2D eigenvalue weighted by Gasteiger charge is 2.15. The largest absolute Gasteiger partial charge is 0.493 e. The second kappa shape index (κ2) is 10.1. The van der Waals surface area contributed by atoms with Gasteiger partial charge in [0.05, 0.1) is 27.0 Å². The Morgan fingerprint density at radius 1 is 0.844 bits per heavy atom. The first-order valence-corrected chi connectivity index (χ1v) is 10.5. The van der Waals surface area contributed by atoms with Gasteiger partial charge in [0, 0.05) is 12.1 Å². The second-order valence-corrected chi connectivity index (χ2v) is 7.40. The highest BCUT2D eigenvalue weighted by molar-refractivity contribution is 6.12. The van der Waals surface area contributed by atoms with E-state index in [1.807, 2.05) is 48.6 Å². The van der Waals surface area contributed by atoms with Crippen molar-refractivity contribution in [1.82, 2.24) is 0 Å². The molecular weight excluding hydrogens is 402 g/mol. The number of benzene rings is 3. The number of hydrogen-bond acceptors (Lipinski definition) is 5. The van der Waals surface area contributed by atoms with E-state index < -0.39 is 0 Å². The van der Waals surface area contributed by atoms with Gasteiger partial charge in [0.1, 0.15) is 12.4 Å². The van der Waals surface area contributed by atoms with Crippen LogP contribution in [0.15, 0.2) is 71.7 Å². The summed E-state index contributed by atoms with van der Waals surface area (Å²) in [5.74, 6) is 2.70. The molecular formula is C27H27NO4. The SMILES string of the molecule is COc1cc(/C=C/C2=NCCc3cc(OCc4ccccc4)ccc32)cc(OC)c1OC. The maximum atomic E-state index is 6.00. The van der Waals surface area contributed by atoms with Crippen LogP contribution in [0.5, 0.6) is 23.0 Å². The van der Waals surface area contributed by atoms with Crippen LogP contribution in [-0.2, 0) is 13.0 Å². The van der Waals surface area contributed by atoms with Crippen molar-refractivity contribution in [3.05, 3.63) is 89.0 Å². The number of ether oxygens (including phenoxy) is 4. The minimum atomic E-state index is 0.557. The van der Waals surface area contributed by atoms with Gasteiger partial charge in [-0.3, -0.25) is 4.99 Å². The molecule has 3 aromatic carbocycles. The summed E-state index contributed by atoms with van der Waals surface area (Å²) in [6, 6.07) is 20.3. The molecule has 0 aliphatic carbocycles. The Morgan fingerprint density at radius 3 is 2.28 bits per heavy atom. The maximum Gasteiger partial charge on any atom is 0.203 e. The summed E-state index contributed by atoms with van der Waals surface area (Å²) in [6.07, 6.45) is 4.95. The first kappa shape index (κ1) is 21.5. The molecule has 0 aromatic heterocycles. The van der Waals surface area contributed by atoms with Crippen molar-refractivity contribution >= 4 is 11.8 Å². The molecule has 0 atom stereocenters. The van der Waals surface area contributed by atoms with E-state index in [2.05, 4.69) is 24.3 Å². The van der Waals surface area contributed by atoms with Gasteiger partial charge in [-0.05, 0) is 59.5 Å². The van der Waals surface area contributed by atoms with Crippen LogP contribution in [0.2, 0.25) is 0 Å². The van der Waals surface area contributed by atoms with Crippen LogP contribution < -0.4 is 18.9 Å². The van der Waals surface area contributed by atoms with Gasteiger partial charge >= 0.3 is 0 Å². The Labute approximate surface area is 188 Å². The first-order valence-electron chi connectivity index (χ1n) is 10.5. The van der Waals surface area contributed by atoms with E-state index in [0.717, 1.165) is 41.1 Å². The molecule has 1 heterocycles. The van der Waals surface area contributed by atoms with Gasteiger partial charge in [-0.2, -0.15) is 0 Å². The fraction of sp³-hybridized carbons (Fsp3) is 0.222. The molecule has 5 heteroatoms. The number of rotatable bonds is 8. The lowest BCUT2D eigenvalue weighted by Gasteiger charge is -2.17. The van der Waals surface area contributed by atoms with Crippen LogP contribution in [-0.4, -0.2) is 33.6 Å². The molecule has 0 N–H and O–H groups in total. The Bertz CT molecular complexity index is 1110. The smallest absolute Gasteiger partial charge is 0.203 e. The van der Waals surface area contributed by atoms with Gasteiger partial charge in [-0.15, -0.1) is 0 Å². The van der Waals surface area contributed by atoms with Crippen LogP contribution in [0.1, 0.15) is 22.3 Å². The summed E-state index contributed by atoms with van der Waals surface area (Å²) in [4.78, 5) is 4.73. The Hall–Kier alpha value is -3.73. The first-order chi connectivity index (χ1) is 15.7. The van der Waals surface area contributed by atoms with Gasteiger partial charge in [0.2, 0.25) is 5.75 Å². The minimum Gasteiger partial charge on any atom is -0.493 e. The molecule has 0 fully saturated rings. The van der Waals surface area contributed by atoms with E-state index in [-0.39, 0.29) is 0 Å². The summed E-state index contributed by atoms with van der Waals surface area (Å²) in [6.45, 7) is 1.31. The zero-order valence-electron chi connectivity index (χ0n) is 18.6. The molecule has 0 saturated carbocycles. The van der Waals surface area contributed by atoms with Crippen molar-refractivity contribution in [2.24, 2.45) is 4.99 Å². The van der Waals surface area contributed by atoms with Crippen molar-refractivity contribution in [1.29, 1.82) is 0 Å². The number of aliphatic imine (C=N–C) groups is 1. The van der Waals surface area contributed by atoms with E-state index in [1.54, 1.807) is 21.3 Å². The predicted molar refractivity (Wildman–Crippen MR) is 127 cm³/mol. The average molecular weight is 430 g/mol. The van der Waals surface area contributed by atoms with E-state index in [0.29, 0.717) is 23.9 Å². The van der Waals surface area contributed by atoms with Gasteiger partial charge < -0.3 is 18.9 Å². The molecule has 0 unspecified atom stereocenters. The lowest BCUT2D eigenvalue weighted by molar-refractivity contribution is 0.306. The number of fused-ring (bicyclic) bond motifs is 1. The molecule has 1 aliphatic heterocycles. The number of hydrogen-bond donors (Lipinski definition) is 0. The van der Waals surface area contributed by atoms with Crippen molar-refractivity contribution in [3.63, 3.8) is 0 Å². The van der Waals surface area contributed by atoms with Crippen LogP contribution in [0.25, 0.3) is 6.08 Å².